The molecule has 0 amide bonds. The number of rotatable bonds is 10. The van der Waals surface area contributed by atoms with Gasteiger partial charge in [-0.1, -0.05) is 36.4 Å². The molecule has 26 heavy (non-hydrogen) atoms. The maximum absolute atomic E-state index is 8.64. The molecule has 0 aliphatic rings. The lowest BCUT2D eigenvalue weighted by molar-refractivity contribution is 0.284. The maximum Gasteiger partial charge on any atom is 0.122 e. The third-order valence-corrected chi connectivity index (χ3v) is 4.09. The van der Waals surface area contributed by atoms with E-state index in [1.54, 1.807) is 14.2 Å². The van der Waals surface area contributed by atoms with Gasteiger partial charge < -0.3 is 19.7 Å². The van der Waals surface area contributed by atoms with Crippen molar-refractivity contribution < 1.29 is 19.7 Å². The topological polar surface area (TPSA) is 58.9 Å². The summed E-state index contributed by atoms with van der Waals surface area (Å²) in [6.45, 7) is 0.546. The molecule has 0 aliphatic heterocycles. The van der Waals surface area contributed by atoms with Crippen LogP contribution >= 0.6 is 0 Å². The van der Waals surface area contributed by atoms with Crippen molar-refractivity contribution in [3.05, 3.63) is 59.7 Å². The van der Waals surface area contributed by atoms with Crippen molar-refractivity contribution in [3.8, 4) is 11.5 Å². The first-order chi connectivity index (χ1) is 12.8. The molecule has 0 unspecified atom stereocenters. The Labute approximate surface area is 157 Å². The quantitative estimate of drug-likeness (QED) is 0.628. The zero-order chi connectivity index (χ0) is 19.0. The van der Waals surface area contributed by atoms with Crippen LogP contribution in [0.4, 0.5) is 0 Å². The van der Waals surface area contributed by atoms with Crippen molar-refractivity contribution in [2.45, 2.75) is 38.5 Å². The molecule has 0 fully saturated rings. The van der Waals surface area contributed by atoms with Crippen LogP contribution in [0.1, 0.15) is 36.8 Å². The fraction of sp³-hybridized carbons (Fsp3) is 0.455. The van der Waals surface area contributed by atoms with E-state index in [2.05, 4.69) is 12.1 Å². The molecule has 0 atom stereocenters. The van der Waals surface area contributed by atoms with E-state index in [4.69, 9.17) is 19.7 Å². The molecule has 0 aliphatic carbocycles. The largest absolute Gasteiger partial charge is 0.496 e. The van der Waals surface area contributed by atoms with E-state index in [-0.39, 0.29) is 13.2 Å². The van der Waals surface area contributed by atoms with Gasteiger partial charge >= 0.3 is 0 Å². The summed E-state index contributed by atoms with van der Waals surface area (Å²) in [6.07, 6.45) is 5.69. The molecule has 2 aromatic rings. The number of hydrogen-bond acceptors (Lipinski definition) is 4. The molecule has 144 valence electrons. The van der Waals surface area contributed by atoms with E-state index in [9.17, 15) is 0 Å². The van der Waals surface area contributed by atoms with Crippen LogP contribution in [0.3, 0.4) is 0 Å². The van der Waals surface area contributed by atoms with Crippen molar-refractivity contribution in [3.63, 3.8) is 0 Å². The van der Waals surface area contributed by atoms with Crippen LogP contribution in [-0.4, -0.2) is 37.6 Å². The molecular formula is C22H32O4. The molecule has 2 N–H and O–H groups in total. The number of aliphatic hydroxyl groups is 2. The SMILES string of the molecule is COc1ccccc1CCCCO.COc1ccccc1CCCCO. The number of para-hydroxylation sites is 2. The van der Waals surface area contributed by atoms with Crippen LogP contribution in [0.2, 0.25) is 0 Å². The van der Waals surface area contributed by atoms with Crippen molar-refractivity contribution in [2.24, 2.45) is 0 Å². The Morgan fingerprint density at radius 3 is 1.35 bits per heavy atom. The Balaban J connectivity index is 0.000000260. The zero-order valence-corrected chi connectivity index (χ0v) is 16.0. The fourth-order valence-electron chi connectivity index (χ4n) is 2.67. The van der Waals surface area contributed by atoms with Gasteiger partial charge in [0.2, 0.25) is 0 Å². The molecule has 0 aromatic heterocycles. The second-order valence-electron chi connectivity index (χ2n) is 5.99. The molecule has 0 saturated carbocycles. The predicted octanol–water partition coefficient (Wildman–Crippen LogP) is 4.02. The lowest BCUT2D eigenvalue weighted by Gasteiger charge is -2.06. The van der Waals surface area contributed by atoms with E-state index in [0.717, 1.165) is 50.0 Å². The second kappa shape index (κ2) is 14.2. The van der Waals surface area contributed by atoms with Crippen LogP contribution in [0.15, 0.2) is 48.5 Å². The van der Waals surface area contributed by atoms with Gasteiger partial charge in [-0.05, 0) is 61.8 Å². The number of aryl methyl sites for hydroxylation is 2. The van der Waals surface area contributed by atoms with Crippen LogP contribution in [-0.2, 0) is 12.8 Å². The second-order valence-corrected chi connectivity index (χ2v) is 5.99. The number of ether oxygens (including phenoxy) is 2. The van der Waals surface area contributed by atoms with E-state index < -0.39 is 0 Å². The van der Waals surface area contributed by atoms with Gasteiger partial charge in [-0.15, -0.1) is 0 Å². The minimum Gasteiger partial charge on any atom is -0.496 e. The normalized spacial score (nSPS) is 10.0. The third-order valence-electron chi connectivity index (χ3n) is 4.09. The molecule has 2 aromatic carbocycles. The Morgan fingerprint density at radius 2 is 1.00 bits per heavy atom. The lowest BCUT2D eigenvalue weighted by Crippen LogP contribution is -1.93. The van der Waals surface area contributed by atoms with Gasteiger partial charge in [-0.3, -0.25) is 0 Å². The van der Waals surface area contributed by atoms with Crippen LogP contribution in [0.25, 0.3) is 0 Å². The van der Waals surface area contributed by atoms with Gasteiger partial charge in [0.25, 0.3) is 0 Å². The smallest absolute Gasteiger partial charge is 0.122 e. The van der Waals surface area contributed by atoms with E-state index in [1.165, 1.54) is 11.1 Å². The summed E-state index contributed by atoms with van der Waals surface area (Å²) in [4.78, 5) is 0. The molecule has 0 spiro atoms. The highest BCUT2D eigenvalue weighted by Crippen LogP contribution is 2.19. The third kappa shape index (κ3) is 8.37. The number of aliphatic hydroxyl groups excluding tert-OH is 2. The van der Waals surface area contributed by atoms with Gasteiger partial charge in [0.15, 0.2) is 0 Å². The monoisotopic (exact) mass is 360 g/mol. The summed E-state index contributed by atoms with van der Waals surface area (Å²) in [7, 11) is 3.37. The van der Waals surface area contributed by atoms with Crippen LogP contribution < -0.4 is 9.47 Å². The molecule has 4 heteroatoms. The van der Waals surface area contributed by atoms with Crippen molar-refractivity contribution >= 4 is 0 Å². The van der Waals surface area contributed by atoms with E-state index in [0.29, 0.717) is 0 Å². The molecular weight excluding hydrogens is 328 g/mol. The summed E-state index contributed by atoms with van der Waals surface area (Å²) in [5.74, 6) is 1.89. The molecule has 4 nitrogen and oxygen atoms in total. The van der Waals surface area contributed by atoms with Gasteiger partial charge in [0.05, 0.1) is 14.2 Å². The average molecular weight is 360 g/mol. The molecule has 0 radical (unpaired) electrons. The highest BCUT2D eigenvalue weighted by atomic mass is 16.5. The van der Waals surface area contributed by atoms with E-state index >= 15 is 0 Å². The van der Waals surface area contributed by atoms with Gasteiger partial charge in [-0.2, -0.15) is 0 Å². The minimum atomic E-state index is 0.273. The summed E-state index contributed by atoms with van der Waals surface area (Å²) >= 11 is 0. The van der Waals surface area contributed by atoms with Gasteiger partial charge in [0, 0.05) is 13.2 Å². The highest BCUT2D eigenvalue weighted by molar-refractivity contribution is 5.33. The summed E-state index contributed by atoms with van der Waals surface area (Å²) < 4.78 is 10.4. The minimum absolute atomic E-state index is 0.273. The summed E-state index contributed by atoms with van der Waals surface area (Å²) in [6, 6.07) is 16.0. The standard InChI is InChI=1S/2C11H16O2/c2*1-13-11-8-3-2-6-10(11)7-4-5-9-12/h2*2-3,6,8,12H,4-5,7,9H2,1H3. The fourth-order valence-corrected chi connectivity index (χ4v) is 2.67. The molecule has 0 heterocycles. The van der Waals surface area contributed by atoms with Crippen molar-refractivity contribution in [1.82, 2.24) is 0 Å². The summed E-state index contributed by atoms with van der Waals surface area (Å²) in [5.41, 5.74) is 2.44. The van der Waals surface area contributed by atoms with Gasteiger partial charge in [-0.25, -0.2) is 0 Å². The van der Waals surface area contributed by atoms with Crippen molar-refractivity contribution in [1.29, 1.82) is 0 Å². The molecule has 0 saturated heterocycles. The highest BCUT2D eigenvalue weighted by Gasteiger charge is 2.00. The average Bonchev–Trinajstić information content (AvgIpc) is 2.69. The Kier molecular flexibility index (Phi) is 12.0. The van der Waals surface area contributed by atoms with Crippen molar-refractivity contribution in [2.75, 3.05) is 27.4 Å². The zero-order valence-electron chi connectivity index (χ0n) is 16.0. The number of unbranched alkanes of at least 4 members (excludes halogenated alkanes) is 2. The predicted molar refractivity (Wildman–Crippen MR) is 106 cm³/mol. The Bertz CT molecular complexity index is 545. The Morgan fingerprint density at radius 1 is 0.615 bits per heavy atom. The Hall–Kier alpha value is -2.04. The van der Waals surface area contributed by atoms with Crippen LogP contribution in [0, 0.1) is 0 Å². The number of benzene rings is 2. The summed E-state index contributed by atoms with van der Waals surface area (Å²) in [5, 5.41) is 17.3. The first-order valence-corrected chi connectivity index (χ1v) is 9.22. The first kappa shape index (κ1) is 22.0. The first-order valence-electron chi connectivity index (χ1n) is 9.22. The number of methoxy groups -OCH3 is 2. The molecule has 0 bridgehead atoms. The lowest BCUT2D eigenvalue weighted by atomic mass is 10.1. The molecule has 2 rings (SSSR count). The number of hydrogen-bond donors (Lipinski definition) is 2. The van der Waals surface area contributed by atoms with Crippen LogP contribution in [0.5, 0.6) is 11.5 Å². The maximum atomic E-state index is 8.64. The van der Waals surface area contributed by atoms with Gasteiger partial charge in [0.1, 0.15) is 11.5 Å². The van der Waals surface area contributed by atoms with E-state index in [1.807, 2.05) is 36.4 Å².